The minimum absolute atomic E-state index is 0.506. The van der Waals surface area contributed by atoms with Crippen molar-refractivity contribution in [2.24, 2.45) is 0 Å². The van der Waals surface area contributed by atoms with Crippen molar-refractivity contribution < 1.29 is 4.74 Å². The summed E-state index contributed by atoms with van der Waals surface area (Å²) in [7, 11) is 0. The number of rotatable bonds is 3. The fraction of sp³-hybridized carbons (Fsp3) is 0.0833. The molecule has 0 aliphatic carbocycles. The van der Waals surface area contributed by atoms with Gasteiger partial charge < -0.3 is 4.74 Å². The summed E-state index contributed by atoms with van der Waals surface area (Å²) >= 11 is 5.95. The molecule has 2 rings (SSSR count). The van der Waals surface area contributed by atoms with Gasteiger partial charge in [-0.3, -0.25) is 4.98 Å². The Bertz CT molecular complexity index is 431. The predicted octanol–water partition coefficient (Wildman–Crippen LogP) is 3.31. The highest BCUT2D eigenvalue weighted by atomic mass is 35.5. The summed E-state index contributed by atoms with van der Waals surface area (Å²) in [5, 5.41) is 0.631. The summed E-state index contributed by atoms with van der Waals surface area (Å²) in [6.07, 6.45) is 3.48. The molecule has 1 heterocycles. The Hall–Kier alpha value is -1.54. The number of hydrogen-bond donors (Lipinski definition) is 0. The highest BCUT2D eigenvalue weighted by Crippen LogP contribution is 2.23. The second-order valence-corrected chi connectivity index (χ2v) is 3.48. The minimum Gasteiger partial charge on any atom is -0.487 e. The second-order valence-electron chi connectivity index (χ2n) is 3.07. The van der Waals surface area contributed by atoms with Crippen LogP contribution in [0.15, 0.2) is 48.8 Å². The van der Waals surface area contributed by atoms with Gasteiger partial charge in [0.15, 0.2) is 0 Å². The molecular formula is C12H10ClNO. The number of halogens is 1. The van der Waals surface area contributed by atoms with E-state index < -0.39 is 0 Å². The molecule has 0 spiro atoms. The first-order valence-corrected chi connectivity index (χ1v) is 5.00. The zero-order valence-corrected chi connectivity index (χ0v) is 8.82. The zero-order chi connectivity index (χ0) is 10.5. The Morgan fingerprint density at radius 3 is 2.53 bits per heavy atom. The third kappa shape index (κ3) is 2.70. The molecule has 0 fully saturated rings. The van der Waals surface area contributed by atoms with E-state index in [1.165, 1.54) is 0 Å². The van der Waals surface area contributed by atoms with Crippen LogP contribution in [-0.4, -0.2) is 4.98 Å². The molecule has 0 saturated carbocycles. The SMILES string of the molecule is Clc1ccccc1OCc1ccncc1. The molecule has 1 aromatic carbocycles. The fourth-order valence-electron chi connectivity index (χ4n) is 1.20. The van der Waals surface area contributed by atoms with E-state index in [1.807, 2.05) is 36.4 Å². The van der Waals surface area contributed by atoms with E-state index >= 15 is 0 Å². The topological polar surface area (TPSA) is 22.1 Å². The second kappa shape index (κ2) is 4.80. The van der Waals surface area contributed by atoms with Crippen molar-refractivity contribution in [3.8, 4) is 5.75 Å². The van der Waals surface area contributed by atoms with Gasteiger partial charge in [-0.05, 0) is 29.8 Å². The summed E-state index contributed by atoms with van der Waals surface area (Å²) in [6.45, 7) is 0.506. The molecule has 1 aromatic heterocycles. The minimum atomic E-state index is 0.506. The van der Waals surface area contributed by atoms with Crippen LogP contribution >= 0.6 is 11.6 Å². The average Bonchev–Trinajstić information content (AvgIpc) is 2.29. The van der Waals surface area contributed by atoms with Crippen LogP contribution in [0.3, 0.4) is 0 Å². The lowest BCUT2D eigenvalue weighted by atomic mass is 10.3. The molecular weight excluding hydrogens is 210 g/mol. The van der Waals surface area contributed by atoms with E-state index in [0.29, 0.717) is 17.4 Å². The molecule has 0 N–H and O–H groups in total. The quantitative estimate of drug-likeness (QED) is 0.790. The number of pyridine rings is 1. The van der Waals surface area contributed by atoms with Crippen LogP contribution in [0.25, 0.3) is 0 Å². The molecule has 0 amide bonds. The number of ether oxygens (including phenoxy) is 1. The van der Waals surface area contributed by atoms with Crippen LogP contribution < -0.4 is 4.74 Å². The van der Waals surface area contributed by atoms with Crippen molar-refractivity contribution in [3.05, 3.63) is 59.4 Å². The third-order valence-electron chi connectivity index (χ3n) is 1.98. The Morgan fingerprint density at radius 2 is 1.80 bits per heavy atom. The van der Waals surface area contributed by atoms with E-state index in [1.54, 1.807) is 12.4 Å². The molecule has 0 radical (unpaired) electrons. The van der Waals surface area contributed by atoms with Crippen LogP contribution in [0, 0.1) is 0 Å². The van der Waals surface area contributed by atoms with Gasteiger partial charge in [0.2, 0.25) is 0 Å². The summed E-state index contributed by atoms with van der Waals surface area (Å²) in [5.74, 6) is 0.705. The first-order valence-electron chi connectivity index (χ1n) is 4.62. The summed E-state index contributed by atoms with van der Waals surface area (Å²) in [4.78, 5) is 3.94. The normalized spacial score (nSPS) is 9.93. The smallest absolute Gasteiger partial charge is 0.138 e. The van der Waals surface area contributed by atoms with Gasteiger partial charge in [-0.2, -0.15) is 0 Å². The first-order chi connectivity index (χ1) is 7.36. The molecule has 0 bridgehead atoms. The molecule has 15 heavy (non-hydrogen) atoms. The van der Waals surface area contributed by atoms with Crippen LogP contribution in [0.1, 0.15) is 5.56 Å². The molecule has 3 heteroatoms. The lowest BCUT2D eigenvalue weighted by Crippen LogP contribution is -1.95. The highest BCUT2D eigenvalue weighted by molar-refractivity contribution is 6.32. The van der Waals surface area contributed by atoms with Gasteiger partial charge in [-0.15, -0.1) is 0 Å². The zero-order valence-electron chi connectivity index (χ0n) is 8.06. The Balaban J connectivity index is 2.03. The van der Waals surface area contributed by atoms with Gasteiger partial charge in [-0.1, -0.05) is 23.7 Å². The van der Waals surface area contributed by atoms with Crippen molar-refractivity contribution >= 4 is 11.6 Å². The lowest BCUT2D eigenvalue weighted by molar-refractivity contribution is 0.306. The van der Waals surface area contributed by atoms with Crippen molar-refractivity contribution in [3.63, 3.8) is 0 Å². The first kappa shape index (κ1) is 9.99. The summed E-state index contributed by atoms with van der Waals surface area (Å²) in [6, 6.07) is 11.3. The van der Waals surface area contributed by atoms with Gasteiger partial charge in [0.25, 0.3) is 0 Å². The van der Waals surface area contributed by atoms with Crippen LogP contribution in [0.4, 0.5) is 0 Å². The largest absolute Gasteiger partial charge is 0.487 e. The molecule has 76 valence electrons. The number of para-hydroxylation sites is 1. The van der Waals surface area contributed by atoms with Crippen LogP contribution in [0.5, 0.6) is 5.75 Å². The molecule has 0 saturated heterocycles. The summed E-state index contributed by atoms with van der Waals surface area (Å²) < 4.78 is 5.56. The maximum atomic E-state index is 5.95. The Labute approximate surface area is 93.5 Å². The number of hydrogen-bond acceptors (Lipinski definition) is 2. The molecule has 0 aliphatic heterocycles. The van der Waals surface area contributed by atoms with Crippen molar-refractivity contribution in [2.75, 3.05) is 0 Å². The van der Waals surface area contributed by atoms with Crippen LogP contribution in [0.2, 0.25) is 5.02 Å². The van der Waals surface area contributed by atoms with Gasteiger partial charge in [0.1, 0.15) is 12.4 Å². The van der Waals surface area contributed by atoms with E-state index in [-0.39, 0.29) is 0 Å². The van der Waals surface area contributed by atoms with E-state index in [2.05, 4.69) is 4.98 Å². The molecule has 0 aliphatic rings. The van der Waals surface area contributed by atoms with E-state index in [4.69, 9.17) is 16.3 Å². The standard InChI is InChI=1S/C12H10ClNO/c13-11-3-1-2-4-12(11)15-9-10-5-7-14-8-6-10/h1-8H,9H2. The summed E-state index contributed by atoms with van der Waals surface area (Å²) in [5.41, 5.74) is 1.07. The van der Waals surface area contributed by atoms with Crippen LogP contribution in [-0.2, 0) is 6.61 Å². The van der Waals surface area contributed by atoms with Crippen molar-refractivity contribution in [1.29, 1.82) is 0 Å². The van der Waals surface area contributed by atoms with Gasteiger partial charge in [-0.25, -0.2) is 0 Å². The third-order valence-corrected chi connectivity index (χ3v) is 2.29. The molecule has 0 unspecified atom stereocenters. The number of nitrogens with zero attached hydrogens (tertiary/aromatic N) is 1. The molecule has 0 atom stereocenters. The number of benzene rings is 1. The fourth-order valence-corrected chi connectivity index (χ4v) is 1.39. The average molecular weight is 220 g/mol. The van der Waals surface area contributed by atoms with Gasteiger partial charge in [0, 0.05) is 12.4 Å². The van der Waals surface area contributed by atoms with E-state index in [9.17, 15) is 0 Å². The Kier molecular flexibility index (Phi) is 3.20. The maximum absolute atomic E-state index is 5.95. The van der Waals surface area contributed by atoms with Crippen molar-refractivity contribution in [2.45, 2.75) is 6.61 Å². The lowest BCUT2D eigenvalue weighted by Gasteiger charge is -2.07. The van der Waals surface area contributed by atoms with Gasteiger partial charge >= 0.3 is 0 Å². The van der Waals surface area contributed by atoms with Crippen molar-refractivity contribution in [1.82, 2.24) is 4.98 Å². The monoisotopic (exact) mass is 219 g/mol. The van der Waals surface area contributed by atoms with Gasteiger partial charge in [0.05, 0.1) is 5.02 Å². The molecule has 2 aromatic rings. The number of aromatic nitrogens is 1. The predicted molar refractivity (Wildman–Crippen MR) is 60.0 cm³/mol. The Morgan fingerprint density at radius 1 is 1.07 bits per heavy atom. The highest BCUT2D eigenvalue weighted by Gasteiger charge is 1.99. The van der Waals surface area contributed by atoms with E-state index in [0.717, 1.165) is 5.56 Å². The maximum Gasteiger partial charge on any atom is 0.138 e. The molecule has 2 nitrogen and oxygen atoms in total.